The first-order valence-electron chi connectivity index (χ1n) is 4.21. The molecule has 0 spiro atoms. The van der Waals surface area contributed by atoms with Gasteiger partial charge in [0.1, 0.15) is 0 Å². The summed E-state index contributed by atoms with van der Waals surface area (Å²) in [6.45, 7) is 0. The van der Waals surface area contributed by atoms with Gasteiger partial charge < -0.3 is 15.9 Å². The molecule has 17 heavy (non-hydrogen) atoms. The second kappa shape index (κ2) is 4.42. The van der Waals surface area contributed by atoms with Crippen LogP contribution in [0.2, 0.25) is 5.02 Å². The van der Waals surface area contributed by atoms with Crippen molar-refractivity contribution in [1.29, 1.82) is 0 Å². The highest BCUT2D eigenvalue weighted by Gasteiger charge is 2.35. The summed E-state index contributed by atoms with van der Waals surface area (Å²) in [6.07, 6.45) is -6.93. The van der Waals surface area contributed by atoms with Gasteiger partial charge in [-0.25, -0.2) is 4.79 Å². The van der Waals surface area contributed by atoms with Crippen LogP contribution in [0.4, 0.5) is 18.9 Å². The minimum absolute atomic E-state index is 0.359. The number of rotatable bonds is 2. The third kappa shape index (κ3) is 2.80. The molecule has 0 fully saturated rings. The van der Waals surface area contributed by atoms with Crippen molar-refractivity contribution in [3.8, 4) is 0 Å². The molecule has 0 amide bonds. The number of alkyl halides is 3. The molecule has 0 bridgehead atoms. The number of halogens is 4. The number of carboxylic acids is 1. The molecule has 1 atom stereocenters. The van der Waals surface area contributed by atoms with Gasteiger partial charge in [-0.1, -0.05) is 11.6 Å². The Bertz CT molecular complexity index is 462. The maximum Gasteiger partial charge on any atom is 0.418 e. The van der Waals surface area contributed by atoms with Crippen LogP contribution in [0.15, 0.2) is 12.1 Å². The summed E-state index contributed by atoms with van der Waals surface area (Å²) < 4.78 is 37.5. The van der Waals surface area contributed by atoms with E-state index in [0.717, 1.165) is 6.07 Å². The Balaban J connectivity index is 3.44. The molecule has 0 radical (unpaired) electrons. The zero-order chi connectivity index (χ0) is 13.4. The molecule has 0 aliphatic carbocycles. The first kappa shape index (κ1) is 13.6. The van der Waals surface area contributed by atoms with E-state index < -0.39 is 35.1 Å². The first-order chi connectivity index (χ1) is 7.64. The molecule has 0 saturated carbocycles. The predicted molar refractivity (Wildman–Crippen MR) is 53.5 cm³/mol. The number of hydrogen-bond donors (Lipinski definition) is 3. The lowest BCUT2D eigenvalue weighted by Crippen LogP contribution is -2.16. The highest BCUT2D eigenvalue weighted by atomic mass is 35.5. The molecule has 8 heteroatoms. The third-order valence-electron chi connectivity index (χ3n) is 2.01. The molecular formula is C9H7ClF3NO3. The highest BCUT2D eigenvalue weighted by molar-refractivity contribution is 6.30. The quantitative estimate of drug-likeness (QED) is 0.718. The molecule has 0 aromatic heterocycles. The van der Waals surface area contributed by atoms with Gasteiger partial charge in [-0.05, 0) is 12.1 Å². The Hall–Kier alpha value is -1.47. The maximum atomic E-state index is 12.5. The van der Waals surface area contributed by atoms with Crippen LogP contribution in [-0.2, 0) is 11.0 Å². The monoisotopic (exact) mass is 269 g/mol. The summed E-state index contributed by atoms with van der Waals surface area (Å²) in [5.74, 6) is -1.72. The molecule has 0 aliphatic rings. The Labute approximate surface area is 98.4 Å². The van der Waals surface area contributed by atoms with Crippen LogP contribution in [0.25, 0.3) is 0 Å². The fraction of sp³-hybridized carbons (Fsp3) is 0.222. The Morgan fingerprint density at radius 1 is 1.41 bits per heavy atom. The van der Waals surface area contributed by atoms with Crippen LogP contribution in [0, 0.1) is 0 Å². The molecule has 4 nitrogen and oxygen atoms in total. The van der Waals surface area contributed by atoms with E-state index in [1.54, 1.807) is 0 Å². The van der Waals surface area contributed by atoms with Gasteiger partial charge in [0.2, 0.25) is 0 Å². The molecule has 0 heterocycles. The lowest BCUT2D eigenvalue weighted by Gasteiger charge is -2.16. The van der Waals surface area contributed by atoms with E-state index in [9.17, 15) is 23.1 Å². The molecule has 94 valence electrons. The van der Waals surface area contributed by atoms with Gasteiger partial charge in [0.15, 0.2) is 6.10 Å². The Morgan fingerprint density at radius 3 is 2.35 bits per heavy atom. The normalized spacial score (nSPS) is 13.5. The van der Waals surface area contributed by atoms with Gasteiger partial charge in [0.25, 0.3) is 0 Å². The average molecular weight is 270 g/mol. The summed E-state index contributed by atoms with van der Waals surface area (Å²) >= 11 is 5.42. The van der Waals surface area contributed by atoms with Crippen molar-refractivity contribution in [2.24, 2.45) is 0 Å². The van der Waals surface area contributed by atoms with Crippen molar-refractivity contribution in [2.75, 3.05) is 5.73 Å². The lowest BCUT2D eigenvalue weighted by atomic mass is 10.0. The van der Waals surface area contributed by atoms with Gasteiger partial charge in [-0.3, -0.25) is 0 Å². The number of nitrogen functional groups attached to an aromatic ring is 1. The van der Waals surface area contributed by atoms with E-state index in [1.807, 2.05) is 0 Å². The Kier molecular flexibility index (Phi) is 3.53. The highest BCUT2D eigenvalue weighted by Crippen LogP contribution is 2.38. The minimum atomic E-state index is -4.78. The summed E-state index contributed by atoms with van der Waals surface area (Å²) in [4.78, 5) is 10.5. The predicted octanol–water partition coefficient (Wildman–Crippen LogP) is 2.06. The van der Waals surface area contributed by atoms with Crippen LogP contribution in [0.5, 0.6) is 0 Å². The van der Waals surface area contributed by atoms with Crippen molar-refractivity contribution >= 4 is 23.3 Å². The van der Waals surface area contributed by atoms with Gasteiger partial charge >= 0.3 is 12.1 Å². The Morgan fingerprint density at radius 2 is 1.94 bits per heavy atom. The van der Waals surface area contributed by atoms with Crippen molar-refractivity contribution in [3.63, 3.8) is 0 Å². The number of aliphatic hydroxyl groups is 1. The number of nitrogens with two attached hydrogens (primary N) is 1. The van der Waals surface area contributed by atoms with Crippen LogP contribution >= 0.6 is 11.6 Å². The number of carbonyl (C=O) groups is 1. The lowest BCUT2D eigenvalue weighted by molar-refractivity contribution is -0.147. The van der Waals surface area contributed by atoms with E-state index in [2.05, 4.69) is 0 Å². The van der Waals surface area contributed by atoms with E-state index in [0.29, 0.717) is 6.07 Å². The summed E-state index contributed by atoms with van der Waals surface area (Å²) in [7, 11) is 0. The molecule has 1 aromatic rings. The molecule has 1 unspecified atom stereocenters. The van der Waals surface area contributed by atoms with Gasteiger partial charge in [-0.2, -0.15) is 13.2 Å². The van der Waals surface area contributed by atoms with E-state index in [4.69, 9.17) is 22.4 Å². The standard InChI is InChI=1S/C9H7ClF3NO3/c10-3-1-4(7(15)8(16)17)6(14)5(2-3)9(11,12)13/h1-2,7,15H,14H2,(H,16,17). The molecule has 4 N–H and O–H groups in total. The topological polar surface area (TPSA) is 83.5 Å². The second-order valence-electron chi connectivity index (χ2n) is 3.19. The zero-order valence-electron chi connectivity index (χ0n) is 8.12. The largest absolute Gasteiger partial charge is 0.479 e. The number of hydrogen-bond acceptors (Lipinski definition) is 3. The minimum Gasteiger partial charge on any atom is -0.479 e. The molecule has 0 saturated heterocycles. The van der Waals surface area contributed by atoms with E-state index in [1.165, 1.54) is 0 Å². The van der Waals surface area contributed by atoms with Gasteiger partial charge in [0, 0.05) is 10.6 Å². The number of benzene rings is 1. The fourth-order valence-electron chi connectivity index (χ4n) is 1.23. The number of anilines is 1. The smallest absolute Gasteiger partial charge is 0.418 e. The number of aliphatic hydroxyl groups excluding tert-OH is 1. The average Bonchev–Trinajstić information content (AvgIpc) is 2.18. The second-order valence-corrected chi connectivity index (χ2v) is 3.63. The van der Waals surface area contributed by atoms with E-state index in [-0.39, 0.29) is 5.02 Å². The molecule has 1 rings (SSSR count). The summed E-state index contributed by atoms with van der Waals surface area (Å²) in [5.41, 5.74) is 2.46. The maximum absolute atomic E-state index is 12.5. The molecule has 1 aromatic carbocycles. The molecule has 0 aliphatic heterocycles. The molecular weight excluding hydrogens is 263 g/mol. The summed E-state index contributed by atoms with van der Waals surface area (Å²) in [6, 6.07) is 1.44. The van der Waals surface area contributed by atoms with Crippen LogP contribution < -0.4 is 5.73 Å². The van der Waals surface area contributed by atoms with Gasteiger partial charge in [-0.15, -0.1) is 0 Å². The van der Waals surface area contributed by atoms with Crippen molar-refractivity contribution in [3.05, 3.63) is 28.3 Å². The van der Waals surface area contributed by atoms with Crippen molar-refractivity contribution in [2.45, 2.75) is 12.3 Å². The SMILES string of the molecule is Nc1c(C(O)C(=O)O)cc(Cl)cc1C(F)(F)F. The van der Waals surface area contributed by atoms with Gasteiger partial charge in [0.05, 0.1) is 11.3 Å². The number of carboxylic acid groups (broad SMARTS) is 1. The third-order valence-corrected chi connectivity index (χ3v) is 2.23. The van der Waals surface area contributed by atoms with E-state index >= 15 is 0 Å². The number of aliphatic carboxylic acids is 1. The van der Waals surface area contributed by atoms with Crippen molar-refractivity contribution in [1.82, 2.24) is 0 Å². The van der Waals surface area contributed by atoms with Crippen LogP contribution in [0.3, 0.4) is 0 Å². The first-order valence-corrected chi connectivity index (χ1v) is 4.59. The fourth-order valence-corrected chi connectivity index (χ4v) is 1.46. The van der Waals surface area contributed by atoms with Crippen LogP contribution in [-0.4, -0.2) is 16.2 Å². The van der Waals surface area contributed by atoms with Crippen LogP contribution in [0.1, 0.15) is 17.2 Å². The zero-order valence-corrected chi connectivity index (χ0v) is 8.88. The van der Waals surface area contributed by atoms with Crippen molar-refractivity contribution < 1.29 is 28.2 Å². The summed E-state index contributed by atoms with van der Waals surface area (Å²) in [5, 5.41) is 17.3.